The molecule has 0 unspecified atom stereocenters. The molecule has 132 valence electrons. The third-order valence-electron chi connectivity index (χ3n) is 3.40. The molecule has 2 rings (SSSR count). The van der Waals surface area contributed by atoms with Gasteiger partial charge in [0.15, 0.2) is 5.75 Å². The molecular weight excluding hydrogens is 355 g/mol. The Kier molecular flexibility index (Phi) is 5.55. The van der Waals surface area contributed by atoms with E-state index in [1.807, 2.05) is 0 Å². The fourth-order valence-corrected chi connectivity index (χ4v) is 2.52. The van der Waals surface area contributed by atoms with E-state index < -0.39 is 46.2 Å². The third-order valence-corrected chi connectivity index (χ3v) is 3.79. The van der Waals surface area contributed by atoms with Gasteiger partial charge < -0.3 is 19.9 Å². The van der Waals surface area contributed by atoms with Crippen LogP contribution in [-0.4, -0.2) is 36.6 Å². The average molecular weight is 368 g/mol. The summed E-state index contributed by atoms with van der Waals surface area (Å²) in [5.41, 5.74) is -0.973. The molecule has 1 amide bonds. The van der Waals surface area contributed by atoms with Crippen molar-refractivity contribution in [1.82, 2.24) is 0 Å². The Morgan fingerprint density at radius 1 is 1.29 bits per heavy atom. The van der Waals surface area contributed by atoms with Gasteiger partial charge in [0, 0.05) is 19.1 Å². The lowest BCUT2D eigenvalue weighted by atomic mass is 9.99. The maximum atomic E-state index is 12.5. The summed E-state index contributed by atoms with van der Waals surface area (Å²) in [5, 5.41) is 10.7. The van der Waals surface area contributed by atoms with Gasteiger partial charge in [0.1, 0.15) is 5.69 Å². The largest absolute Gasteiger partial charge is 0.573 e. The summed E-state index contributed by atoms with van der Waals surface area (Å²) in [6.45, 7) is 0.708. The molecule has 0 aromatic heterocycles. The predicted octanol–water partition coefficient (Wildman–Crippen LogP) is 3.30. The van der Waals surface area contributed by atoms with Crippen molar-refractivity contribution in [2.45, 2.75) is 19.2 Å². The summed E-state index contributed by atoms with van der Waals surface area (Å²) in [6.07, 6.45) is -4.22. The molecule has 24 heavy (non-hydrogen) atoms. The molecule has 1 fully saturated rings. The predicted molar refractivity (Wildman–Crippen MR) is 77.3 cm³/mol. The van der Waals surface area contributed by atoms with Gasteiger partial charge in [-0.2, -0.15) is 0 Å². The summed E-state index contributed by atoms with van der Waals surface area (Å²) < 4.78 is 46.4. The number of carbonyl (C=O) groups excluding carboxylic acids is 1. The van der Waals surface area contributed by atoms with Crippen molar-refractivity contribution in [3.05, 3.63) is 22.7 Å². The van der Waals surface area contributed by atoms with Gasteiger partial charge in [-0.1, -0.05) is 11.6 Å². The number of carboxylic acids is 1. The molecule has 2 N–H and O–H groups in total. The highest BCUT2D eigenvalue weighted by Crippen LogP contribution is 2.38. The summed E-state index contributed by atoms with van der Waals surface area (Å²) in [4.78, 5) is 23.3. The van der Waals surface area contributed by atoms with Crippen LogP contribution in [0.4, 0.5) is 18.9 Å². The number of hydrogen-bond donors (Lipinski definition) is 2. The van der Waals surface area contributed by atoms with E-state index >= 15 is 0 Å². The van der Waals surface area contributed by atoms with Gasteiger partial charge in [-0.15, -0.1) is 13.2 Å². The molecule has 1 aliphatic heterocycles. The molecule has 1 saturated heterocycles. The quantitative estimate of drug-likeness (QED) is 0.853. The average Bonchev–Trinajstić information content (AvgIpc) is 2.50. The number of aromatic carboxylic acids is 1. The van der Waals surface area contributed by atoms with Crippen LogP contribution in [0.1, 0.15) is 23.2 Å². The second-order valence-corrected chi connectivity index (χ2v) is 5.41. The number of carboxylic acid groups (broad SMARTS) is 1. The number of amides is 1. The van der Waals surface area contributed by atoms with Crippen LogP contribution in [0.2, 0.25) is 5.02 Å². The van der Waals surface area contributed by atoms with Gasteiger partial charge in [-0.3, -0.25) is 4.79 Å². The summed E-state index contributed by atoms with van der Waals surface area (Å²) >= 11 is 5.85. The van der Waals surface area contributed by atoms with Crippen LogP contribution in [0, 0.1) is 5.92 Å². The highest BCUT2D eigenvalue weighted by molar-refractivity contribution is 6.37. The first-order valence-corrected chi connectivity index (χ1v) is 7.27. The Hall–Kier alpha value is -2.00. The summed E-state index contributed by atoms with van der Waals surface area (Å²) in [5.74, 6) is -3.27. The van der Waals surface area contributed by atoms with Gasteiger partial charge in [0.2, 0.25) is 5.91 Å². The van der Waals surface area contributed by atoms with Crippen molar-refractivity contribution in [2.24, 2.45) is 5.92 Å². The molecule has 1 heterocycles. The summed E-state index contributed by atoms with van der Waals surface area (Å²) in [7, 11) is 0. The Labute approximate surface area is 139 Å². The molecular formula is C14H13ClF3NO5. The zero-order chi connectivity index (χ0) is 17.9. The maximum Gasteiger partial charge on any atom is 0.573 e. The molecule has 0 atom stereocenters. The number of rotatable bonds is 4. The minimum atomic E-state index is -5.02. The van der Waals surface area contributed by atoms with Crippen molar-refractivity contribution in [1.29, 1.82) is 0 Å². The van der Waals surface area contributed by atoms with Gasteiger partial charge in [-0.05, 0) is 25.0 Å². The minimum Gasteiger partial charge on any atom is -0.478 e. The van der Waals surface area contributed by atoms with Crippen molar-refractivity contribution in [2.75, 3.05) is 18.5 Å². The highest BCUT2D eigenvalue weighted by Gasteiger charge is 2.34. The zero-order valence-corrected chi connectivity index (χ0v) is 12.9. The Bertz CT molecular complexity index is 644. The second kappa shape index (κ2) is 7.27. The molecule has 0 spiro atoms. The first-order valence-electron chi connectivity index (χ1n) is 6.89. The van der Waals surface area contributed by atoms with E-state index in [-0.39, 0.29) is 0 Å². The van der Waals surface area contributed by atoms with Gasteiger partial charge in [0.25, 0.3) is 0 Å². The third kappa shape index (κ3) is 4.51. The van der Waals surface area contributed by atoms with Crippen LogP contribution < -0.4 is 10.1 Å². The number of benzene rings is 1. The number of alkyl halides is 3. The van der Waals surface area contributed by atoms with Crippen LogP contribution in [-0.2, 0) is 9.53 Å². The van der Waals surface area contributed by atoms with E-state index in [2.05, 4.69) is 10.1 Å². The van der Waals surface area contributed by atoms with Crippen LogP contribution in [0.5, 0.6) is 5.75 Å². The first-order chi connectivity index (χ1) is 11.2. The molecule has 10 heteroatoms. The highest BCUT2D eigenvalue weighted by atomic mass is 35.5. The molecule has 0 aliphatic carbocycles. The Balaban J connectivity index is 2.34. The van der Waals surface area contributed by atoms with Gasteiger partial charge in [-0.25, -0.2) is 4.79 Å². The standard InChI is InChI=1S/C14H13ClF3NO5/c15-10-8(13(21)22)1-2-9(24-14(16,17)18)11(10)19-12(20)7-3-5-23-6-4-7/h1-2,7H,3-6H2,(H,19,20)(H,21,22). The van der Waals surface area contributed by atoms with Crippen molar-refractivity contribution < 1.29 is 37.3 Å². The van der Waals surface area contributed by atoms with E-state index in [0.29, 0.717) is 26.1 Å². The number of hydrogen-bond acceptors (Lipinski definition) is 4. The first kappa shape index (κ1) is 18.3. The molecule has 0 saturated carbocycles. The van der Waals surface area contributed by atoms with Gasteiger partial charge >= 0.3 is 12.3 Å². The fraction of sp³-hybridized carbons (Fsp3) is 0.429. The Morgan fingerprint density at radius 2 is 1.92 bits per heavy atom. The van der Waals surface area contributed by atoms with Crippen LogP contribution in [0.15, 0.2) is 12.1 Å². The topological polar surface area (TPSA) is 84.9 Å². The number of carbonyl (C=O) groups is 2. The molecule has 1 aromatic rings. The molecule has 6 nitrogen and oxygen atoms in total. The molecule has 1 aromatic carbocycles. The molecule has 1 aliphatic rings. The number of anilines is 1. The lowest BCUT2D eigenvalue weighted by Gasteiger charge is -2.23. The van der Waals surface area contributed by atoms with E-state index in [0.717, 1.165) is 12.1 Å². The molecule has 0 radical (unpaired) electrons. The van der Waals surface area contributed by atoms with E-state index in [4.69, 9.17) is 21.4 Å². The monoisotopic (exact) mass is 367 g/mol. The second-order valence-electron chi connectivity index (χ2n) is 5.03. The van der Waals surface area contributed by atoms with Crippen LogP contribution >= 0.6 is 11.6 Å². The van der Waals surface area contributed by atoms with Gasteiger partial charge in [0.05, 0.1) is 10.6 Å². The lowest BCUT2D eigenvalue weighted by molar-refractivity contribution is -0.274. The number of nitrogens with one attached hydrogen (secondary N) is 1. The van der Waals surface area contributed by atoms with Crippen LogP contribution in [0.3, 0.4) is 0 Å². The maximum absolute atomic E-state index is 12.5. The van der Waals surface area contributed by atoms with E-state index in [1.165, 1.54) is 0 Å². The molecule has 0 bridgehead atoms. The number of halogens is 4. The Morgan fingerprint density at radius 3 is 2.46 bits per heavy atom. The fourth-order valence-electron chi connectivity index (χ4n) is 2.23. The normalized spacial score (nSPS) is 15.8. The summed E-state index contributed by atoms with van der Waals surface area (Å²) in [6, 6.07) is 1.66. The number of ether oxygens (including phenoxy) is 2. The zero-order valence-electron chi connectivity index (χ0n) is 12.2. The van der Waals surface area contributed by atoms with Crippen molar-refractivity contribution in [3.63, 3.8) is 0 Å². The van der Waals surface area contributed by atoms with Crippen LogP contribution in [0.25, 0.3) is 0 Å². The van der Waals surface area contributed by atoms with E-state index in [1.54, 1.807) is 0 Å². The lowest BCUT2D eigenvalue weighted by Crippen LogP contribution is -2.29. The van der Waals surface area contributed by atoms with Crippen molar-refractivity contribution >= 4 is 29.2 Å². The minimum absolute atomic E-state index is 0.354. The van der Waals surface area contributed by atoms with E-state index in [9.17, 15) is 22.8 Å². The SMILES string of the molecule is O=C(O)c1ccc(OC(F)(F)F)c(NC(=O)C2CCOCC2)c1Cl. The smallest absolute Gasteiger partial charge is 0.478 e. The van der Waals surface area contributed by atoms with Crippen molar-refractivity contribution in [3.8, 4) is 5.75 Å².